The maximum Gasteiger partial charge on any atom is 0.340 e. The number of aromatic nitrogens is 3. The first-order valence-electron chi connectivity index (χ1n) is 9.24. The molecule has 0 atom stereocenters. The molecule has 29 heavy (non-hydrogen) atoms. The predicted molar refractivity (Wildman–Crippen MR) is 112 cm³/mol. The van der Waals surface area contributed by atoms with Crippen molar-refractivity contribution in [1.82, 2.24) is 15.2 Å². The number of carbonyl (C=O) groups excluding carboxylic acids is 1. The van der Waals surface area contributed by atoms with Crippen LogP contribution >= 0.6 is 11.8 Å². The van der Waals surface area contributed by atoms with Gasteiger partial charge in [-0.2, -0.15) is 0 Å². The fourth-order valence-corrected chi connectivity index (χ4v) is 3.82. The zero-order valence-corrected chi connectivity index (χ0v) is 16.9. The van der Waals surface area contributed by atoms with Crippen LogP contribution in [0.2, 0.25) is 0 Å². The second kappa shape index (κ2) is 8.45. The Hall–Kier alpha value is -3.19. The van der Waals surface area contributed by atoms with Crippen molar-refractivity contribution < 1.29 is 13.9 Å². The van der Waals surface area contributed by atoms with Crippen LogP contribution in [0.3, 0.4) is 0 Å². The minimum absolute atomic E-state index is 0.307. The average Bonchev–Trinajstić information content (AvgIpc) is 3.22. The Morgan fingerprint density at radius 1 is 1.07 bits per heavy atom. The van der Waals surface area contributed by atoms with Crippen LogP contribution in [-0.2, 0) is 10.5 Å². The topological polar surface area (TPSA) is 78.1 Å². The monoisotopic (exact) mass is 405 g/mol. The Morgan fingerprint density at radius 3 is 2.62 bits per heavy atom. The third kappa shape index (κ3) is 4.00. The lowest BCUT2D eigenvalue weighted by atomic mass is 10.0. The van der Waals surface area contributed by atoms with Gasteiger partial charge >= 0.3 is 5.97 Å². The van der Waals surface area contributed by atoms with E-state index in [0.717, 1.165) is 22.0 Å². The summed E-state index contributed by atoms with van der Waals surface area (Å²) in [6.45, 7) is 4.02. The molecule has 146 valence electrons. The summed E-state index contributed by atoms with van der Waals surface area (Å²) in [5.74, 6) is 0.506. The fraction of sp³-hybridized carbons (Fsp3) is 0.182. The zero-order chi connectivity index (χ0) is 20.2. The summed E-state index contributed by atoms with van der Waals surface area (Å²) in [4.78, 5) is 17.3. The van der Waals surface area contributed by atoms with E-state index in [4.69, 9.17) is 14.1 Å². The highest BCUT2D eigenvalue weighted by Gasteiger charge is 2.21. The van der Waals surface area contributed by atoms with Crippen molar-refractivity contribution in [2.24, 2.45) is 0 Å². The molecular formula is C22H19N3O3S. The number of carbonyl (C=O) groups is 1. The summed E-state index contributed by atoms with van der Waals surface area (Å²) < 4.78 is 11.0. The lowest BCUT2D eigenvalue weighted by molar-refractivity contribution is 0.0524. The lowest BCUT2D eigenvalue weighted by Crippen LogP contribution is -2.12. The maximum atomic E-state index is 12.6. The molecule has 2 aromatic carbocycles. The molecule has 4 rings (SSSR count). The number of nitrogens with zero attached hydrogens (tertiary/aromatic N) is 3. The van der Waals surface area contributed by atoms with Gasteiger partial charge in [-0.05, 0) is 37.6 Å². The minimum atomic E-state index is -0.366. The van der Waals surface area contributed by atoms with E-state index in [1.54, 1.807) is 6.92 Å². The smallest absolute Gasteiger partial charge is 0.340 e. The number of pyridine rings is 1. The van der Waals surface area contributed by atoms with Gasteiger partial charge in [-0.25, -0.2) is 4.79 Å². The molecule has 0 radical (unpaired) electrons. The Morgan fingerprint density at radius 2 is 1.83 bits per heavy atom. The van der Waals surface area contributed by atoms with E-state index in [9.17, 15) is 4.79 Å². The quantitative estimate of drug-likeness (QED) is 0.328. The van der Waals surface area contributed by atoms with Gasteiger partial charge in [0.25, 0.3) is 5.22 Å². The van der Waals surface area contributed by atoms with Crippen molar-refractivity contribution in [3.63, 3.8) is 0 Å². The van der Waals surface area contributed by atoms with Gasteiger partial charge in [0, 0.05) is 16.7 Å². The molecule has 0 unspecified atom stereocenters. The molecule has 2 heterocycles. The second-order valence-corrected chi connectivity index (χ2v) is 7.25. The molecule has 0 saturated carbocycles. The van der Waals surface area contributed by atoms with Crippen molar-refractivity contribution in [1.29, 1.82) is 0 Å². The van der Waals surface area contributed by atoms with Gasteiger partial charge < -0.3 is 9.15 Å². The first-order chi connectivity index (χ1) is 14.2. The number of para-hydroxylation sites is 1. The Balaban J connectivity index is 1.64. The minimum Gasteiger partial charge on any atom is -0.462 e. The van der Waals surface area contributed by atoms with E-state index in [1.807, 2.05) is 61.5 Å². The van der Waals surface area contributed by atoms with Crippen LogP contribution in [0.25, 0.3) is 22.4 Å². The van der Waals surface area contributed by atoms with Crippen molar-refractivity contribution >= 4 is 28.6 Å². The van der Waals surface area contributed by atoms with Crippen LogP contribution in [-0.4, -0.2) is 27.8 Å². The summed E-state index contributed by atoms with van der Waals surface area (Å²) >= 11 is 1.35. The number of esters is 1. The van der Waals surface area contributed by atoms with Crippen LogP contribution in [0.4, 0.5) is 0 Å². The van der Waals surface area contributed by atoms with E-state index in [0.29, 0.717) is 34.7 Å². The molecule has 0 amide bonds. The predicted octanol–water partition coefficient (Wildman–Crippen LogP) is 5.06. The van der Waals surface area contributed by atoms with Crippen LogP contribution in [0.5, 0.6) is 0 Å². The number of benzene rings is 2. The summed E-state index contributed by atoms with van der Waals surface area (Å²) in [5.41, 5.74) is 3.70. The number of hydrogen-bond donors (Lipinski definition) is 0. The summed E-state index contributed by atoms with van der Waals surface area (Å²) in [6, 6.07) is 17.3. The van der Waals surface area contributed by atoms with Crippen LogP contribution in [0.15, 0.2) is 64.2 Å². The highest BCUT2D eigenvalue weighted by Crippen LogP contribution is 2.30. The molecular weight excluding hydrogens is 386 g/mol. The average molecular weight is 405 g/mol. The summed E-state index contributed by atoms with van der Waals surface area (Å²) in [5, 5.41) is 9.57. The molecule has 7 heteroatoms. The van der Waals surface area contributed by atoms with Gasteiger partial charge in [-0.1, -0.05) is 48.2 Å². The lowest BCUT2D eigenvalue weighted by Gasteiger charge is -2.13. The molecule has 6 nitrogen and oxygen atoms in total. The number of ether oxygens (including phenoxy) is 1. The summed E-state index contributed by atoms with van der Waals surface area (Å²) in [6.07, 6.45) is 0. The first-order valence-corrected chi connectivity index (χ1v) is 10.2. The van der Waals surface area contributed by atoms with Gasteiger partial charge in [0.2, 0.25) is 5.89 Å². The third-order valence-corrected chi connectivity index (χ3v) is 5.30. The number of thioether (sulfide) groups is 1. The van der Waals surface area contributed by atoms with Crippen molar-refractivity contribution in [2.45, 2.75) is 24.8 Å². The number of hydrogen-bond acceptors (Lipinski definition) is 7. The van der Waals surface area contributed by atoms with Gasteiger partial charge in [-0.15, -0.1) is 10.2 Å². The van der Waals surface area contributed by atoms with Gasteiger partial charge in [0.1, 0.15) is 0 Å². The SMILES string of the molecule is CCOC(=O)c1c(CSc2nnc(-c3ccccc3)o2)nc2ccccc2c1C. The van der Waals surface area contributed by atoms with E-state index >= 15 is 0 Å². The molecule has 0 bridgehead atoms. The number of fused-ring (bicyclic) bond motifs is 1. The van der Waals surface area contributed by atoms with Crippen molar-refractivity contribution in [2.75, 3.05) is 6.61 Å². The van der Waals surface area contributed by atoms with Gasteiger partial charge in [-0.3, -0.25) is 4.98 Å². The molecule has 0 aliphatic heterocycles. The van der Waals surface area contributed by atoms with Gasteiger partial charge in [0.15, 0.2) is 0 Å². The zero-order valence-electron chi connectivity index (χ0n) is 16.1. The fourth-order valence-electron chi connectivity index (χ4n) is 3.11. The first kappa shape index (κ1) is 19.1. The highest BCUT2D eigenvalue weighted by molar-refractivity contribution is 7.98. The second-order valence-electron chi connectivity index (χ2n) is 6.32. The van der Waals surface area contributed by atoms with Crippen LogP contribution < -0.4 is 0 Å². The maximum absolute atomic E-state index is 12.6. The van der Waals surface area contributed by atoms with Crippen LogP contribution in [0, 0.1) is 6.92 Å². The van der Waals surface area contributed by atoms with E-state index in [-0.39, 0.29) is 5.97 Å². The molecule has 0 saturated heterocycles. The van der Waals surface area contributed by atoms with Crippen molar-refractivity contribution in [3.8, 4) is 11.5 Å². The van der Waals surface area contributed by atoms with Gasteiger partial charge in [0.05, 0.1) is 23.4 Å². The molecule has 2 aromatic heterocycles. The molecule has 4 aromatic rings. The molecule has 0 aliphatic carbocycles. The van der Waals surface area contributed by atoms with E-state index < -0.39 is 0 Å². The molecule has 0 fully saturated rings. The molecule has 0 spiro atoms. The molecule has 0 aliphatic rings. The van der Waals surface area contributed by atoms with Crippen molar-refractivity contribution in [3.05, 3.63) is 71.4 Å². The Bertz CT molecular complexity index is 1160. The third-order valence-electron chi connectivity index (χ3n) is 4.47. The highest BCUT2D eigenvalue weighted by atomic mass is 32.2. The number of aryl methyl sites for hydroxylation is 1. The number of rotatable bonds is 6. The van der Waals surface area contributed by atoms with E-state index in [1.165, 1.54) is 11.8 Å². The summed E-state index contributed by atoms with van der Waals surface area (Å²) in [7, 11) is 0. The normalized spacial score (nSPS) is 11.0. The standard InChI is InChI=1S/C22H19N3O3S/c1-3-27-21(26)19-14(2)16-11-7-8-12-17(16)23-18(19)13-29-22-25-24-20(28-22)15-9-5-4-6-10-15/h4-12H,3,13H2,1-2H3. The van der Waals surface area contributed by atoms with E-state index in [2.05, 4.69) is 10.2 Å². The molecule has 0 N–H and O–H groups in total. The Kier molecular flexibility index (Phi) is 5.57. The largest absolute Gasteiger partial charge is 0.462 e. The Labute approximate surface area is 172 Å². The van der Waals surface area contributed by atoms with Crippen LogP contribution in [0.1, 0.15) is 28.5 Å².